The van der Waals surface area contributed by atoms with Gasteiger partial charge in [0.1, 0.15) is 0 Å². The van der Waals surface area contributed by atoms with Crippen molar-refractivity contribution >= 4 is 11.9 Å². The van der Waals surface area contributed by atoms with Gasteiger partial charge in [-0.2, -0.15) is 0 Å². The number of ether oxygens (including phenoxy) is 2. The fourth-order valence-corrected chi connectivity index (χ4v) is 1.57. The summed E-state index contributed by atoms with van der Waals surface area (Å²) in [7, 11) is 3.04. The first-order valence-corrected chi connectivity index (χ1v) is 5.42. The van der Waals surface area contributed by atoms with E-state index in [0.717, 1.165) is 5.56 Å². The van der Waals surface area contributed by atoms with Gasteiger partial charge in [0, 0.05) is 14.2 Å². The van der Waals surface area contributed by atoms with Gasteiger partial charge in [-0.3, -0.25) is 4.79 Å². The molecular formula is C14H18O3. The summed E-state index contributed by atoms with van der Waals surface area (Å²) in [5, 5.41) is 0. The molecular weight excluding hydrogens is 216 g/mol. The van der Waals surface area contributed by atoms with E-state index < -0.39 is 5.79 Å². The van der Waals surface area contributed by atoms with E-state index in [0.29, 0.717) is 5.57 Å². The zero-order valence-corrected chi connectivity index (χ0v) is 10.7. The van der Waals surface area contributed by atoms with Crippen molar-refractivity contribution in [2.45, 2.75) is 19.6 Å². The molecule has 0 atom stereocenters. The molecule has 0 aliphatic carbocycles. The average Bonchev–Trinajstić information content (AvgIpc) is 2.36. The van der Waals surface area contributed by atoms with Crippen molar-refractivity contribution in [2.24, 2.45) is 0 Å². The van der Waals surface area contributed by atoms with Crippen molar-refractivity contribution in [1.82, 2.24) is 0 Å². The molecule has 3 nitrogen and oxygen atoms in total. The number of carbonyl (C=O) groups excluding carboxylic acids is 1. The Morgan fingerprint density at radius 1 is 1.18 bits per heavy atom. The van der Waals surface area contributed by atoms with Crippen molar-refractivity contribution < 1.29 is 14.3 Å². The fraction of sp³-hybridized carbons (Fsp3) is 0.357. The second-order valence-corrected chi connectivity index (χ2v) is 3.88. The molecule has 0 amide bonds. The van der Waals surface area contributed by atoms with Gasteiger partial charge in [-0.1, -0.05) is 30.3 Å². The summed E-state index contributed by atoms with van der Waals surface area (Å²) in [5.74, 6) is -1.08. The number of carbonyl (C=O) groups is 1. The first-order valence-electron chi connectivity index (χ1n) is 5.42. The lowest BCUT2D eigenvalue weighted by atomic mass is 10.0. The maximum atomic E-state index is 11.7. The third-order valence-electron chi connectivity index (χ3n) is 2.76. The van der Waals surface area contributed by atoms with Crippen molar-refractivity contribution in [3.63, 3.8) is 0 Å². The molecule has 0 unspecified atom stereocenters. The molecule has 92 valence electrons. The molecule has 0 saturated carbocycles. The molecule has 0 aliphatic heterocycles. The summed E-state index contributed by atoms with van der Waals surface area (Å²) in [4.78, 5) is 11.7. The maximum absolute atomic E-state index is 11.7. The predicted molar refractivity (Wildman–Crippen MR) is 67.5 cm³/mol. The molecule has 3 heteroatoms. The van der Waals surface area contributed by atoms with Crippen molar-refractivity contribution in [3.8, 4) is 0 Å². The van der Waals surface area contributed by atoms with E-state index in [-0.39, 0.29) is 5.78 Å². The molecule has 0 radical (unpaired) electrons. The highest BCUT2D eigenvalue weighted by molar-refractivity contribution is 5.99. The third-order valence-corrected chi connectivity index (χ3v) is 2.76. The summed E-state index contributed by atoms with van der Waals surface area (Å²) < 4.78 is 10.5. The van der Waals surface area contributed by atoms with Crippen LogP contribution < -0.4 is 0 Å². The number of methoxy groups -OCH3 is 2. The summed E-state index contributed by atoms with van der Waals surface area (Å²) in [6.45, 7) is 3.23. The summed E-state index contributed by atoms with van der Waals surface area (Å²) in [6.07, 6.45) is 1.79. The second-order valence-electron chi connectivity index (χ2n) is 3.88. The Labute approximate surface area is 102 Å². The standard InChI is InChI=1S/C14H18O3/c1-11(15)13(14(2,16-3)17-4)10-12-8-6-5-7-9-12/h5-10H,1-4H3/b13-10+. The number of Topliss-reactive ketones (excluding diaryl/α,β-unsaturated/α-hetero) is 1. The smallest absolute Gasteiger partial charge is 0.194 e. The number of hydrogen-bond acceptors (Lipinski definition) is 3. The van der Waals surface area contributed by atoms with E-state index >= 15 is 0 Å². The molecule has 0 aromatic heterocycles. The molecule has 0 fully saturated rings. The zero-order chi connectivity index (χ0) is 12.9. The fourth-order valence-electron chi connectivity index (χ4n) is 1.57. The van der Waals surface area contributed by atoms with Crippen LogP contribution in [0.25, 0.3) is 6.08 Å². The summed E-state index contributed by atoms with van der Waals surface area (Å²) in [5.41, 5.74) is 1.44. The summed E-state index contributed by atoms with van der Waals surface area (Å²) >= 11 is 0. The molecule has 0 saturated heterocycles. The average molecular weight is 234 g/mol. The molecule has 0 spiro atoms. The van der Waals surface area contributed by atoms with Crippen LogP contribution in [-0.2, 0) is 14.3 Å². The van der Waals surface area contributed by atoms with Gasteiger partial charge >= 0.3 is 0 Å². The first-order chi connectivity index (χ1) is 8.03. The second kappa shape index (κ2) is 5.75. The largest absolute Gasteiger partial charge is 0.349 e. The first kappa shape index (κ1) is 13.6. The normalized spacial score (nSPS) is 12.6. The van der Waals surface area contributed by atoms with Gasteiger partial charge in [-0.15, -0.1) is 0 Å². The number of hydrogen-bond donors (Lipinski definition) is 0. The minimum atomic E-state index is -1.01. The van der Waals surface area contributed by atoms with Gasteiger partial charge in [0.25, 0.3) is 0 Å². The van der Waals surface area contributed by atoms with Crippen molar-refractivity contribution in [1.29, 1.82) is 0 Å². The summed E-state index contributed by atoms with van der Waals surface area (Å²) in [6, 6.07) is 9.61. The van der Waals surface area contributed by atoms with Gasteiger partial charge < -0.3 is 9.47 Å². The van der Waals surface area contributed by atoms with E-state index in [1.165, 1.54) is 21.1 Å². The number of rotatable bonds is 5. The van der Waals surface area contributed by atoms with E-state index in [4.69, 9.17) is 9.47 Å². The lowest BCUT2D eigenvalue weighted by molar-refractivity contribution is -0.167. The predicted octanol–water partition coefficient (Wildman–Crippen LogP) is 2.67. The van der Waals surface area contributed by atoms with Gasteiger partial charge in [0.05, 0.1) is 5.57 Å². The zero-order valence-electron chi connectivity index (χ0n) is 10.7. The Balaban J connectivity index is 3.19. The van der Waals surface area contributed by atoms with Crippen molar-refractivity contribution in [2.75, 3.05) is 14.2 Å². The van der Waals surface area contributed by atoms with Crippen LogP contribution in [-0.4, -0.2) is 25.8 Å². The van der Waals surface area contributed by atoms with Crippen LogP contribution in [0, 0.1) is 0 Å². The van der Waals surface area contributed by atoms with Gasteiger partial charge in [0.2, 0.25) is 0 Å². The van der Waals surface area contributed by atoms with E-state index in [1.807, 2.05) is 30.3 Å². The van der Waals surface area contributed by atoms with Gasteiger partial charge in [-0.05, 0) is 25.5 Å². The Morgan fingerprint density at radius 3 is 2.12 bits per heavy atom. The van der Waals surface area contributed by atoms with Crippen LogP contribution in [0.2, 0.25) is 0 Å². The molecule has 0 heterocycles. The Hall–Kier alpha value is -1.45. The number of ketones is 1. The SMILES string of the molecule is COC(C)(OC)/C(=C/c1ccccc1)C(C)=O. The molecule has 0 bridgehead atoms. The maximum Gasteiger partial charge on any atom is 0.194 e. The quantitative estimate of drug-likeness (QED) is 0.580. The Bertz CT molecular complexity index is 403. The highest BCUT2D eigenvalue weighted by Crippen LogP contribution is 2.24. The lowest BCUT2D eigenvalue weighted by Crippen LogP contribution is -2.35. The minimum absolute atomic E-state index is 0.0694. The molecule has 0 N–H and O–H groups in total. The van der Waals surface area contributed by atoms with Crippen LogP contribution in [0.4, 0.5) is 0 Å². The van der Waals surface area contributed by atoms with E-state index in [2.05, 4.69) is 0 Å². The molecule has 1 aromatic rings. The molecule has 17 heavy (non-hydrogen) atoms. The molecule has 1 aromatic carbocycles. The van der Waals surface area contributed by atoms with Crippen molar-refractivity contribution in [3.05, 3.63) is 41.5 Å². The Kier molecular flexibility index (Phi) is 4.61. The van der Waals surface area contributed by atoms with E-state index in [1.54, 1.807) is 13.0 Å². The number of benzene rings is 1. The highest BCUT2D eigenvalue weighted by atomic mass is 16.7. The lowest BCUT2D eigenvalue weighted by Gasteiger charge is -2.28. The van der Waals surface area contributed by atoms with Crippen LogP contribution in [0.15, 0.2) is 35.9 Å². The molecule has 0 aliphatic rings. The molecule has 1 rings (SSSR count). The van der Waals surface area contributed by atoms with Crippen LogP contribution >= 0.6 is 0 Å². The van der Waals surface area contributed by atoms with Crippen LogP contribution in [0.5, 0.6) is 0 Å². The monoisotopic (exact) mass is 234 g/mol. The minimum Gasteiger partial charge on any atom is -0.349 e. The highest BCUT2D eigenvalue weighted by Gasteiger charge is 2.31. The van der Waals surface area contributed by atoms with Crippen LogP contribution in [0.1, 0.15) is 19.4 Å². The van der Waals surface area contributed by atoms with E-state index in [9.17, 15) is 4.79 Å². The van der Waals surface area contributed by atoms with Gasteiger partial charge in [0.15, 0.2) is 11.6 Å². The van der Waals surface area contributed by atoms with Gasteiger partial charge in [-0.25, -0.2) is 0 Å². The third kappa shape index (κ3) is 3.25. The van der Waals surface area contributed by atoms with Crippen LogP contribution in [0.3, 0.4) is 0 Å². The Morgan fingerprint density at radius 2 is 1.71 bits per heavy atom. The topological polar surface area (TPSA) is 35.5 Å².